The number of carboxylic acid groups (broad SMARTS) is 1. The van der Waals surface area contributed by atoms with Crippen LogP contribution in [-0.2, 0) is 23.9 Å². The van der Waals surface area contributed by atoms with E-state index in [1.165, 1.54) is 78.1 Å². The van der Waals surface area contributed by atoms with Gasteiger partial charge in [0.05, 0.1) is 0 Å². The first-order valence-corrected chi connectivity index (χ1v) is 16.9. The lowest BCUT2D eigenvalue weighted by Crippen LogP contribution is -2.54. The van der Waals surface area contributed by atoms with E-state index in [9.17, 15) is 24.0 Å². The minimum atomic E-state index is -1.19. The fourth-order valence-corrected chi connectivity index (χ4v) is 4.60. The number of carboxylic acids is 1. The van der Waals surface area contributed by atoms with Crippen LogP contribution in [0.2, 0.25) is 0 Å². The number of ether oxygens (including phenoxy) is 1. The molecule has 0 fully saturated rings. The van der Waals surface area contributed by atoms with Gasteiger partial charge in [0.15, 0.2) is 0 Å². The van der Waals surface area contributed by atoms with Gasteiger partial charge in [0.2, 0.25) is 17.7 Å². The van der Waals surface area contributed by atoms with Gasteiger partial charge in [-0.1, -0.05) is 84.0 Å². The van der Waals surface area contributed by atoms with E-state index in [-0.39, 0.29) is 5.91 Å². The van der Waals surface area contributed by atoms with Crippen molar-refractivity contribution in [2.45, 2.75) is 174 Å². The third kappa shape index (κ3) is 23.6. The minimum absolute atomic E-state index is 0.225. The highest BCUT2D eigenvalue weighted by molar-refractivity contribution is 5.93. The molecule has 11 nitrogen and oxygen atoms in total. The summed E-state index contributed by atoms with van der Waals surface area (Å²) in [6.45, 7) is 10.7. The van der Waals surface area contributed by atoms with Crippen molar-refractivity contribution in [2.24, 2.45) is 0 Å². The molecule has 11 heteroatoms. The molecule has 0 aromatic heterocycles. The van der Waals surface area contributed by atoms with E-state index in [1.807, 2.05) is 0 Å². The van der Waals surface area contributed by atoms with Gasteiger partial charge in [-0.15, -0.1) is 0 Å². The second-order valence-electron chi connectivity index (χ2n) is 12.8. The van der Waals surface area contributed by atoms with Gasteiger partial charge in [0.25, 0.3) is 0 Å². The zero-order chi connectivity index (χ0) is 33.4. The van der Waals surface area contributed by atoms with Crippen LogP contribution in [0.15, 0.2) is 0 Å². The molecule has 0 aliphatic heterocycles. The van der Waals surface area contributed by atoms with Gasteiger partial charge in [-0.2, -0.15) is 0 Å². The summed E-state index contributed by atoms with van der Waals surface area (Å²) in [4.78, 5) is 60.9. The quantitative estimate of drug-likeness (QED) is 0.0807. The van der Waals surface area contributed by atoms with E-state index in [1.54, 1.807) is 20.8 Å². The molecule has 0 radical (unpaired) electrons. The third-order valence-electron chi connectivity index (χ3n) is 7.23. The Morgan fingerprint density at radius 3 is 1.66 bits per heavy atom. The van der Waals surface area contributed by atoms with Crippen LogP contribution in [0.5, 0.6) is 0 Å². The predicted octanol–water partition coefficient (Wildman–Crippen LogP) is 5.74. The zero-order valence-corrected chi connectivity index (χ0v) is 28.4. The van der Waals surface area contributed by atoms with Gasteiger partial charge in [-0.3, -0.25) is 19.2 Å². The summed E-state index contributed by atoms with van der Waals surface area (Å²) >= 11 is 0. The smallest absolute Gasteiger partial charge is 0.407 e. The molecule has 0 aromatic carbocycles. The SMILES string of the molecule is CCCCCCCCCCCCCCCC(=O)N[C@@H](CCCCNC(=O)OC(C)(C)C)C(=O)N[C@@H](C)C(=O)N[C@@H](C)C(=O)O. The Balaban J connectivity index is 4.60. The molecule has 0 aliphatic carbocycles. The minimum Gasteiger partial charge on any atom is -0.480 e. The van der Waals surface area contributed by atoms with Crippen LogP contribution in [-0.4, -0.2) is 65.2 Å². The third-order valence-corrected chi connectivity index (χ3v) is 7.23. The number of aliphatic carboxylic acids is 1. The highest BCUT2D eigenvalue weighted by Crippen LogP contribution is 2.13. The number of hydrogen-bond donors (Lipinski definition) is 5. The molecule has 0 unspecified atom stereocenters. The number of rotatable bonds is 25. The summed E-state index contributed by atoms with van der Waals surface area (Å²) < 4.78 is 5.22. The standard InChI is InChI=1S/C33H62N4O7/c1-7-8-9-10-11-12-13-14-15-16-17-18-19-23-28(38)37-27(22-20-21-24-34-32(43)44-33(4,5)6)30(40)35-25(2)29(39)36-26(3)31(41)42/h25-27H,7-24H2,1-6H3,(H,34,43)(H,35,40)(H,36,39)(H,37,38)(H,41,42)/t25-,26-,27-/m0/s1. The number of amides is 4. The summed E-state index contributed by atoms with van der Waals surface area (Å²) in [7, 11) is 0. The van der Waals surface area contributed by atoms with Gasteiger partial charge in [0, 0.05) is 13.0 Å². The molecule has 0 aromatic rings. The lowest BCUT2D eigenvalue weighted by atomic mass is 10.0. The summed E-state index contributed by atoms with van der Waals surface area (Å²) in [5, 5.41) is 19.4. The number of unbranched alkanes of at least 4 members (excludes halogenated alkanes) is 13. The Kier molecular flexibility index (Phi) is 22.9. The van der Waals surface area contributed by atoms with Crippen molar-refractivity contribution in [3.8, 4) is 0 Å². The van der Waals surface area contributed by atoms with Crippen molar-refractivity contribution < 1.29 is 33.8 Å². The summed E-state index contributed by atoms with van der Waals surface area (Å²) in [6, 6.07) is -2.95. The molecular formula is C33H62N4O7. The Hall–Kier alpha value is -2.85. The number of carbonyl (C=O) groups excluding carboxylic acids is 4. The van der Waals surface area contributed by atoms with E-state index in [4.69, 9.17) is 9.84 Å². The van der Waals surface area contributed by atoms with Gasteiger partial charge < -0.3 is 31.1 Å². The van der Waals surface area contributed by atoms with E-state index < -0.39 is 47.6 Å². The van der Waals surface area contributed by atoms with Crippen LogP contribution in [0.1, 0.15) is 151 Å². The second-order valence-corrected chi connectivity index (χ2v) is 12.8. The molecule has 0 aliphatic rings. The monoisotopic (exact) mass is 626 g/mol. The van der Waals surface area contributed by atoms with Crippen molar-refractivity contribution in [1.29, 1.82) is 0 Å². The molecule has 0 bridgehead atoms. The molecular weight excluding hydrogens is 564 g/mol. The first-order chi connectivity index (χ1) is 20.8. The maximum atomic E-state index is 13.0. The molecule has 0 heterocycles. The Labute approximate surface area is 265 Å². The average molecular weight is 627 g/mol. The predicted molar refractivity (Wildman–Crippen MR) is 173 cm³/mol. The number of carbonyl (C=O) groups is 5. The zero-order valence-electron chi connectivity index (χ0n) is 28.4. The Morgan fingerprint density at radius 2 is 1.16 bits per heavy atom. The molecule has 0 rings (SSSR count). The Bertz CT molecular complexity index is 844. The largest absolute Gasteiger partial charge is 0.480 e. The van der Waals surface area contributed by atoms with Crippen molar-refractivity contribution in [3.05, 3.63) is 0 Å². The van der Waals surface area contributed by atoms with Crippen LogP contribution >= 0.6 is 0 Å². The topological polar surface area (TPSA) is 163 Å². The van der Waals surface area contributed by atoms with Crippen LogP contribution in [0, 0.1) is 0 Å². The Morgan fingerprint density at radius 1 is 0.659 bits per heavy atom. The van der Waals surface area contributed by atoms with Crippen LogP contribution < -0.4 is 21.3 Å². The number of hydrogen-bond acceptors (Lipinski definition) is 6. The summed E-state index contributed by atoms with van der Waals surface area (Å²) in [6.07, 6.45) is 16.9. The highest BCUT2D eigenvalue weighted by atomic mass is 16.6. The molecule has 44 heavy (non-hydrogen) atoms. The molecule has 0 spiro atoms. The molecule has 4 amide bonds. The molecule has 3 atom stereocenters. The van der Waals surface area contributed by atoms with Gasteiger partial charge in [0.1, 0.15) is 23.7 Å². The summed E-state index contributed by atoms with van der Waals surface area (Å²) in [5.41, 5.74) is -0.601. The van der Waals surface area contributed by atoms with Gasteiger partial charge in [-0.25, -0.2) is 4.79 Å². The van der Waals surface area contributed by atoms with Crippen molar-refractivity contribution >= 4 is 29.8 Å². The lowest BCUT2D eigenvalue weighted by Gasteiger charge is -2.22. The highest BCUT2D eigenvalue weighted by Gasteiger charge is 2.25. The molecule has 256 valence electrons. The van der Waals surface area contributed by atoms with Crippen molar-refractivity contribution in [2.75, 3.05) is 6.54 Å². The number of alkyl carbamates (subject to hydrolysis) is 1. The summed E-state index contributed by atoms with van der Waals surface area (Å²) in [5.74, 6) is -2.56. The van der Waals surface area contributed by atoms with E-state index in [0.29, 0.717) is 32.2 Å². The fourth-order valence-electron chi connectivity index (χ4n) is 4.60. The van der Waals surface area contributed by atoms with E-state index >= 15 is 0 Å². The van der Waals surface area contributed by atoms with E-state index in [0.717, 1.165) is 19.3 Å². The maximum absolute atomic E-state index is 13.0. The van der Waals surface area contributed by atoms with Crippen molar-refractivity contribution in [1.82, 2.24) is 21.3 Å². The molecule has 0 saturated carbocycles. The first kappa shape index (κ1) is 41.1. The lowest BCUT2D eigenvalue weighted by molar-refractivity contribution is -0.141. The fraction of sp³-hybridized carbons (Fsp3) is 0.848. The van der Waals surface area contributed by atoms with Crippen LogP contribution in [0.3, 0.4) is 0 Å². The van der Waals surface area contributed by atoms with Crippen LogP contribution in [0.4, 0.5) is 4.79 Å². The second kappa shape index (κ2) is 24.5. The number of nitrogens with one attached hydrogen (secondary N) is 4. The van der Waals surface area contributed by atoms with Crippen molar-refractivity contribution in [3.63, 3.8) is 0 Å². The molecule has 5 N–H and O–H groups in total. The maximum Gasteiger partial charge on any atom is 0.407 e. The van der Waals surface area contributed by atoms with E-state index in [2.05, 4.69) is 28.2 Å². The molecule has 0 saturated heterocycles. The van der Waals surface area contributed by atoms with Gasteiger partial charge >= 0.3 is 12.1 Å². The van der Waals surface area contributed by atoms with Gasteiger partial charge in [-0.05, 0) is 60.3 Å². The first-order valence-electron chi connectivity index (χ1n) is 16.9. The van der Waals surface area contributed by atoms with Crippen LogP contribution in [0.25, 0.3) is 0 Å². The average Bonchev–Trinajstić information content (AvgIpc) is 2.93. The normalized spacial score (nSPS) is 13.3.